The van der Waals surface area contributed by atoms with Gasteiger partial charge in [0.1, 0.15) is 17.2 Å². The van der Waals surface area contributed by atoms with Gasteiger partial charge in [0.15, 0.2) is 16.0 Å². The number of benzene rings is 2. The van der Waals surface area contributed by atoms with E-state index in [0.717, 1.165) is 21.3 Å². The predicted molar refractivity (Wildman–Crippen MR) is 220 cm³/mol. The highest BCUT2D eigenvalue weighted by Crippen LogP contribution is 2.34. The lowest BCUT2D eigenvalue weighted by molar-refractivity contribution is 0.0155. The van der Waals surface area contributed by atoms with Crippen molar-refractivity contribution in [1.29, 1.82) is 0 Å². The predicted octanol–water partition coefficient (Wildman–Crippen LogP) is 7.53. The number of rotatable bonds is 10. The topological polar surface area (TPSA) is 137 Å². The summed E-state index contributed by atoms with van der Waals surface area (Å²) in [7, 11) is 0. The van der Waals surface area contributed by atoms with Crippen molar-refractivity contribution in [1.82, 2.24) is 19.8 Å². The van der Waals surface area contributed by atoms with E-state index in [4.69, 9.17) is 9.47 Å². The van der Waals surface area contributed by atoms with E-state index in [1.165, 1.54) is 22.7 Å². The summed E-state index contributed by atoms with van der Waals surface area (Å²) in [4.78, 5) is 53.6. The number of carboxylic acids is 1. The summed E-state index contributed by atoms with van der Waals surface area (Å²) in [5.41, 5.74) is 2.79. The van der Waals surface area contributed by atoms with E-state index < -0.39 is 11.6 Å². The first-order valence-corrected chi connectivity index (χ1v) is 20.7. The van der Waals surface area contributed by atoms with Crippen LogP contribution in [0.4, 0.5) is 19.4 Å². The second-order valence-electron chi connectivity index (χ2n) is 15.1. The summed E-state index contributed by atoms with van der Waals surface area (Å²) in [6.45, 7) is 9.86. The Bertz CT molecular complexity index is 2240. The molecule has 2 amide bonds. The van der Waals surface area contributed by atoms with Crippen LogP contribution in [0.15, 0.2) is 66.2 Å². The molecule has 1 aliphatic carbocycles. The molecule has 1 atom stereocenters. The SMILES string of the molecule is CC(C)(C)OC(=O)N1CCN(CC#CC2C=CC(OCCCc3sc(N4CCc5cccc(C(=O)Nc6nc7ccccc7s6)c5C4)nc3C(=O)O)=C(F)C2)CC1. The number of aryl methyl sites for hydroxylation is 1. The van der Waals surface area contributed by atoms with Gasteiger partial charge in [0.25, 0.3) is 5.91 Å². The fourth-order valence-corrected chi connectivity index (χ4v) is 8.84. The van der Waals surface area contributed by atoms with Gasteiger partial charge < -0.3 is 24.4 Å². The minimum atomic E-state index is -1.11. The Morgan fingerprint density at radius 1 is 1.04 bits per heavy atom. The van der Waals surface area contributed by atoms with Crippen molar-refractivity contribution in [3.8, 4) is 11.8 Å². The van der Waals surface area contributed by atoms with Crippen LogP contribution in [0, 0.1) is 17.8 Å². The molecule has 2 aromatic heterocycles. The van der Waals surface area contributed by atoms with E-state index in [9.17, 15) is 19.5 Å². The maximum Gasteiger partial charge on any atom is 0.410 e. The lowest BCUT2D eigenvalue weighted by atomic mass is 9.94. The van der Waals surface area contributed by atoms with Gasteiger partial charge in [-0.1, -0.05) is 53.5 Å². The molecule has 298 valence electrons. The molecule has 3 aliphatic rings. The molecular weight excluding hydrogens is 768 g/mol. The molecule has 0 spiro atoms. The molecule has 0 saturated carbocycles. The van der Waals surface area contributed by atoms with Crippen LogP contribution in [0.2, 0.25) is 0 Å². The summed E-state index contributed by atoms with van der Waals surface area (Å²) in [5, 5.41) is 14.1. The molecule has 2 N–H and O–H groups in total. The molecule has 57 heavy (non-hydrogen) atoms. The number of nitrogens with zero attached hydrogens (tertiary/aromatic N) is 5. The molecule has 15 heteroatoms. The fraction of sp³-hybridized carbons (Fsp3) is 0.405. The first kappa shape index (κ1) is 39.9. The summed E-state index contributed by atoms with van der Waals surface area (Å²) >= 11 is 2.74. The number of amides is 2. The quantitative estimate of drug-likeness (QED) is 0.122. The van der Waals surface area contributed by atoms with Gasteiger partial charge >= 0.3 is 12.1 Å². The normalized spacial score (nSPS) is 17.2. The zero-order valence-corrected chi connectivity index (χ0v) is 33.8. The maximum atomic E-state index is 15.0. The number of carbonyl (C=O) groups is 3. The number of carbonyl (C=O) groups excluding carboxylic acids is 2. The highest BCUT2D eigenvalue weighted by atomic mass is 32.1. The Balaban J connectivity index is 0.891. The highest BCUT2D eigenvalue weighted by Gasteiger charge is 2.28. The van der Waals surface area contributed by atoms with Crippen molar-refractivity contribution >= 4 is 61.1 Å². The average molecular weight is 813 g/mol. The monoisotopic (exact) mass is 812 g/mol. The number of halogens is 1. The summed E-state index contributed by atoms with van der Waals surface area (Å²) in [5.74, 6) is 4.49. The second kappa shape index (κ2) is 17.5. The number of thiazole rings is 2. The van der Waals surface area contributed by atoms with Crippen molar-refractivity contribution in [3.05, 3.63) is 93.5 Å². The van der Waals surface area contributed by atoms with Gasteiger partial charge in [-0.3, -0.25) is 15.0 Å². The minimum Gasteiger partial charge on any atom is -0.491 e. The molecular formula is C42H45FN6O6S2. The van der Waals surface area contributed by atoms with Crippen LogP contribution in [-0.4, -0.2) is 94.3 Å². The van der Waals surface area contributed by atoms with Gasteiger partial charge in [0, 0.05) is 62.0 Å². The van der Waals surface area contributed by atoms with E-state index in [-0.39, 0.29) is 48.2 Å². The molecule has 4 heterocycles. The maximum absolute atomic E-state index is 15.0. The molecule has 2 aliphatic heterocycles. The number of para-hydroxylation sites is 1. The van der Waals surface area contributed by atoms with Gasteiger partial charge in [0.05, 0.1) is 23.4 Å². The number of ether oxygens (including phenoxy) is 2. The number of fused-ring (bicyclic) bond motifs is 2. The lowest BCUT2D eigenvalue weighted by Gasteiger charge is -2.34. The first-order valence-electron chi connectivity index (χ1n) is 19.0. The Kier molecular flexibility index (Phi) is 12.2. The Morgan fingerprint density at radius 2 is 1.84 bits per heavy atom. The van der Waals surface area contributed by atoms with Gasteiger partial charge in [-0.05, 0) is 75.4 Å². The van der Waals surface area contributed by atoms with Crippen molar-refractivity contribution in [2.45, 2.75) is 58.6 Å². The van der Waals surface area contributed by atoms with Crippen LogP contribution in [0.3, 0.4) is 0 Å². The smallest absolute Gasteiger partial charge is 0.410 e. The zero-order valence-electron chi connectivity index (χ0n) is 32.2. The van der Waals surface area contributed by atoms with Crippen molar-refractivity contribution in [3.63, 3.8) is 0 Å². The molecule has 0 radical (unpaired) electrons. The fourth-order valence-electron chi connectivity index (χ4n) is 6.86. The number of hydrogen-bond donors (Lipinski definition) is 2. The third-order valence-electron chi connectivity index (χ3n) is 9.76. The van der Waals surface area contributed by atoms with Crippen LogP contribution in [-0.2, 0) is 28.9 Å². The number of anilines is 2. The Morgan fingerprint density at radius 3 is 2.60 bits per heavy atom. The lowest BCUT2D eigenvalue weighted by Crippen LogP contribution is -2.50. The molecule has 1 saturated heterocycles. The molecule has 2 aromatic carbocycles. The number of aromatic carboxylic acids is 1. The van der Waals surface area contributed by atoms with E-state index in [1.54, 1.807) is 17.0 Å². The standard InChI is InChI=1S/C42H45FN6O6S2/c1-42(2,3)55-41(53)48-22-20-47(21-23-48)18-7-9-27-15-16-33(31(43)25-27)54-24-8-14-35-36(38(51)52)45-40(57-35)49-19-17-28-10-6-11-29(30(28)26-49)37(50)46-39-44-32-12-4-5-13-34(32)56-39/h4-6,10-13,15-16,27H,8,14,17-26H2,1-3H3,(H,51,52)(H,44,46,50). The van der Waals surface area contributed by atoms with E-state index >= 15 is 4.39 Å². The van der Waals surface area contributed by atoms with Crippen molar-refractivity contribution < 1.29 is 33.4 Å². The number of piperazine rings is 1. The van der Waals surface area contributed by atoms with Gasteiger partial charge in [0.2, 0.25) is 0 Å². The Hall–Kier alpha value is -5.30. The summed E-state index contributed by atoms with van der Waals surface area (Å²) in [6.07, 6.45) is 4.83. The third kappa shape index (κ3) is 9.99. The zero-order chi connectivity index (χ0) is 40.1. The van der Waals surface area contributed by atoms with Gasteiger partial charge in [-0.15, -0.1) is 11.3 Å². The van der Waals surface area contributed by atoms with E-state index in [0.29, 0.717) is 85.8 Å². The van der Waals surface area contributed by atoms with Crippen molar-refractivity contribution in [2.75, 3.05) is 56.1 Å². The van der Waals surface area contributed by atoms with Crippen LogP contribution in [0.1, 0.15) is 70.5 Å². The third-order valence-corrected chi connectivity index (χ3v) is 11.9. The number of nitrogens with one attached hydrogen (secondary N) is 1. The average Bonchev–Trinajstić information content (AvgIpc) is 3.80. The van der Waals surface area contributed by atoms with Crippen LogP contribution < -0.4 is 10.2 Å². The van der Waals surface area contributed by atoms with Crippen LogP contribution in [0.5, 0.6) is 0 Å². The van der Waals surface area contributed by atoms with Crippen LogP contribution in [0.25, 0.3) is 10.2 Å². The van der Waals surface area contributed by atoms with Crippen LogP contribution >= 0.6 is 22.7 Å². The summed E-state index contributed by atoms with van der Waals surface area (Å²) in [6, 6.07) is 13.4. The van der Waals surface area contributed by atoms with Crippen molar-refractivity contribution in [2.24, 2.45) is 5.92 Å². The molecule has 7 rings (SSSR count). The largest absolute Gasteiger partial charge is 0.491 e. The van der Waals surface area contributed by atoms with Gasteiger partial charge in [-0.2, -0.15) is 0 Å². The van der Waals surface area contributed by atoms with Gasteiger partial charge in [-0.25, -0.2) is 23.9 Å². The molecule has 1 unspecified atom stereocenters. The first-order chi connectivity index (χ1) is 27.4. The van der Waals surface area contributed by atoms with E-state index in [1.807, 2.05) is 68.1 Å². The molecule has 4 aromatic rings. The minimum absolute atomic E-state index is 0.00282. The Labute approximate surface area is 339 Å². The number of carboxylic acid groups (broad SMARTS) is 1. The summed E-state index contributed by atoms with van der Waals surface area (Å²) < 4.78 is 27.3. The molecule has 12 nitrogen and oxygen atoms in total. The number of aromatic nitrogens is 2. The van der Waals surface area contributed by atoms with E-state index in [2.05, 4.69) is 32.0 Å². The second-order valence-corrected chi connectivity index (χ2v) is 17.2. The highest BCUT2D eigenvalue weighted by molar-refractivity contribution is 7.22. The number of allylic oxidation sites excluding steroid dienone is 3. The number of hydrogen-bond acceptors (Lipinski definition) is 11. The molecule has 1 fully saturated rings. The molecule has 0 bridgehead atoms.